The second-order valence-corrected chi connectivity index (χ2v) is 7.53. The molecule has 1 heterocycles. The van der Waals surface area contributed by atoms with Crippen molar-refractivity contribution in [1.29, 1.82) is 0 Å². The Hall–Kier alpha value is -3.39. The highest BCUT2D eigenvalue weighted by molar-refractivity contribution is 9.10. The molecule has 3 aromatic rings. The van der Waals surface area contributed by atoms with Crippen LogP contribution in [0.1, 0.15) is 17.3 Å². The van der Waals surface area contributed by atoms with Gasteiger partial charge in [0.25, 0.3) is 5.91 Å². The number of nitrogens with one attached hydrogen (secondary N) is 2. The lowest BCUT2D eigenvalue weighted by molar-refractivity contribution is -0.116. The minimum atomic E-state index is -0.316. The van der Waals surface area contributed by atoms with Gasteiger partial charge in [-0.05, 0) is 71.4 Å². The van der Waals surface area contributed by atoms with Crippen LogP contribution in [0.15, 0.2) is 71.3 Å². The Morgan fingerprint density at radius 1 is 1.06 bits per heavy atom. The topological polar surface area (TPSA) is 83.6 Å². The van der Waals surface area contributed by atoms with Crippen LogP contribution in [-0.2, 0) is 4.79 Å². The molecule has 0 spiro atoms. The van der Waals surface area contributed by atoms with Crippen molar-refractivity contribution in [3.63, 3.8) is 0 Å². The predicted octanol–water partition coefficient (Wildman–Crippen LogP) is 4.70. The number of hydrogen-bond acceptors (Lipinski definition) is 5. The van der Waals surface area contributed by atoms with E-state index in [1.54, 1.807) is 31.4 Å². The molecule has 31 heavy (non-hydrogen) atoms. The largest absolute Gasteiger partial charge is 0.494 e. The lowest BCUT2D eigenvalue weighted by atomic mass is 10.2. The molecule has 3 rings (SSSR count). The Kier molecular flexibility index (Phi) is 7.61. The summed E-state index contributed by atoms with van der Waals surface area (Å²) in [6, 6.07) is 18.0. The zero-order chi connectivity index (χ0) is 22.2. The Morgan fingerprint density at radius 3 is 2.52 bits per heavy atom. The summed E-state index contributed by atoms with van der Waals surface area (Å²) in [4.78, 5) is 31.0. The van der Waals surface area contributed by atoms with Gasteiger partial charge >= 0.3 is 0 Å². The van der Waals surface area contributed by atoms with Crippen molar-refractivity contribution in [3.05, 3.63) is 76.9 Å². The van der Waals surface area contributed by atoms with Crippen LogP contribution in [0.4, 0.5) is 17.2 Å². The van der Waals surface area contributed by atoms with Crippen molar-refractivity contribution in [2.75, 3.05) is 30.8 Å². The molecule has 8 heteroatoms. The maximum absolute atomic E-state index is 13.0. The number of hydrogen-bond donors (Lipinski definition) is 2. The number of likely N-dealkylation sites (N-methyl/N-ethyl adjacent to an activating group) is 1. The maximum Gasteiger partial charge on any atom is 0.257 e. The molecule has 0 aliphatic carbocycles. The number of anilines is 3. The van der Waals surface area contributed by atoms with Crippen molar-refractivity contribution in [2.45, 2.75) is 6.92 Å². The Balaban J connectivity index is 1.68. The van der Waals surface area contributed by atoms with Gasteiger partial charge in [-0.25, -0.2) is 4.98 Å². The molecule has 0 saturated carbocycles. The number of aromatic nitrogens is 1. The first-order chi connectivity index (χ1) is 15.0. The Morgan fingerprint density at radius 2 is 1.81 bits per heavy atom. The Bertz CT molecular complexity index is 1060. The molecule has 0 radical (unpaired) electrons. The van der Waals surface area contributed by atoms with E-state index in [4.69, 9.17) is 4.74 Å². The van der Waals surface area contributed by atoms with E-state index in [-0.39, 0.29) is 18.4 Å². The number of ether oxygens (including phenoxy) is 1. The Labute approximate surface area is 189 Å². The standard InChI is InChI=1S/C23H23BrN4O3/c1-3-31-17-12-10-16(11-13-17)26-22-18(7-6-14-25-22)23(30)28(2)15-21(29)27-20-9-5-4-8-19(20)24/h4-14H,3,15H2,1-2H3,(H,25,26)(H,27,29). The molecule has 2 aromatic carbocycles. The molecule has 0 fully saturated rings. The van der Waals surface area contributed by atoms with Gasteiger partial charge in [-0.3, -0.25) is 9.59 Å². The van der Waals surface area contributed by atoms with Crippen LogP contribution in [0.5, 0.6) is 5.75 Å². The van der Waals surface area contributed by atoms with Crippen LogP contribution in [0, 0.1) is 0 Å². The van der Waals surface area contributed by atoms with Crippen LogP contribution in [-0.4, -0.2) is 41.9 Å². The van der Waals surface area contributed by atoms with Crippen LogP contribution < -0.4 is 15.4 Å². The minimum absolute atomic E-state index is 0.0996. The summed E-state index contributed by atoms with van der Waals surface area (Å²) in [5.41, 5.74) is 1.78. The van der Waals surface area contributed by atoms with Crippen molar-refractivity contribution in [2.24, 2.45) is 0 Å². The zero-order valence-corrected chi connectivity index (χ0v) is 18.8. The molecule has 0 aliphatic heterocycles. The molecule has 0 saturated heterocycles. The van der Waals surface area contributed by atoms with Gasteiger partial charge in [0.1, 0.15) is 11.6 Å². The third kappa shape index (κ3) is 6.05. The number of pyridine rings is 1. The summed E-state index contributed by atoms with van der Waals surface area (Å²) in [6.07, 6.45) is 1.60. The first-order valence-corrected chi connectivity index (χ1v) is 10.5. The lowest BCUT2D eigenvalue weighted by Gasteiger charge is -2.19. The fourth-order valence-electron chi connectivity index (χ4n) is 2.86. The normalized spacial score (nSPS) is 10.3. The smallest absolute Gasteiger partial charge is 0.257 e. The fourth-order valence-corrected chi connectivity index (χ4v) is 3.24. The molecule has 0 bridgehead atoms. The van der Waals surface area contributed by atoms with Gasteiger partial charge in [0.15, 0.2) is 0 Å². The van der Waals surface area contributed by atoms with E-state index in [9.17, 15) is 9.59 Å². The highest BCUT2D eigenvalue weighted by atomic mass is 79.9. The minimum Gasteiger partial charge on any atom is -0.494 e. The van der Waals surface area contributed by atoms with Crippen molar-refractivity contribution in [3.8, 4) is 5.75 Å². The lowest BCUT2D eigenvalue weighted by Crippen LogP contribution is -2.35. The quantitative estimate of drug-likeness (QED) is 0.486. The van der Waals surface area contributed by atoms with Crippen LogP contribution in [0.2, 0.25) is 0 Å². The molecule has 160 valence electrons. The van der Waals surface area contributed by atoms with E-state index in [0.717, 1.165) is 15.9 Å². The van der Waals surface area contributed by atoms with Gasteiger partial charge in [0.2, 0.25) is 5.91 Å². The van der Waals surface area contributed by atoms with Gasteiger partial charge in [0, 0.05) is 23.4 Å². The van der Waals surface area contributed by atoms with Crippen molar-refractivity contribution < 1.29 is 14.3 Å². The number of amides is 2. The average Bonchev–Trinajstić information content (AvgIpc) is 2.77. The summed E-state index contributed by atoms with van der Waals surface area (Å²) < 4.78 is 6.22. The van der Waals surface area contributed by atoms with E-state index in [1.807, 2.05) is 49.4 Å². The molecule has 2 N–H and O–H groups in total. The number of para-hydroxylation sites is 1. The fraction of sp³-hybridized carbons (Fsp3) is 0.174. The molecular weight excluding hydrogens is 460 g/mol. The van der Waals surface area contributed by atoms with E-state index >= 15 is 0 Å². The maximum atomic E-state index is 13.0. The van der Waals surface area contributed by atoms with Gasteiger partial charge in [-0.1, -0.05) is 12.1 Å². The first kappa shape index (κ1) is 22.3. The van der Waals surface area contributed by atoms with Crippen molar-refractivity contribution >= 4 is 44.9 Å². The highest BCUT2D eigenvalue weighted by Gasteiger charge is 2.19. The second kappa shape index (κ2) is 10.6. The number of halogens is 1. The highest BCUT2D eigenvalue weighted by Crippen LogP contribution is 2.23. The van der Waals surface area contributed by atoms with Gasteiger partial charge in [-0.2, -0.15) is 0 Å². The van der Waals surface area contributed by atoms with Crippen molar-refractivity contribution in [1.82, 2.24) is 9.88 Å². The SMILES string of the molecule is CCOc1ccc(Nc2ncccc2C(=O)N(C)CC(=O)Nc2ccccc2Br)cc1. The zero-order valence-electron chi connectivity index (χ0n) is 17.3. The van der Waals surface area contributed by atoms with Gasteiger partial charge < -0.3 is 20.3 Å². The average molecular weight is 483 g/mol. The van der Waals surface area contributed by atoms with E-state index in [0.29, 0.717) is 23.7 Å². The third-order valence-corrected chi connectivity index (χ3v) is 5.03. The third-order valence-electron chi connectivity index (χ3n) is 4.34. The number of rotatable bonds is 8. The second-order valence-electron chi connectivity index (χ2n) is 6.67. The molecule has 0 unspecified atom stereocenters. The van der Waals surface area contributed by atoms with E-state index in [2.05, 4.69) is 31.5 Å². The van der Waals surface area contributed by atoms with E-state index in [1.165, 1.54) is 4.90 Å². The van der Waals surface area contributed by atoms with Crippen LogP contribution >= 0.6 is 15.9 Å². The number of carbonyl (C=O) groups is 2. The summed E-state index contributed by atoms with van der Waals surface area (Å²) >= 11 is 3.39. The number of benzene rings is 2. The van der Waals surface area contributed by atoms with Crippen LogP contribution in [0.3, 0.4) is 0 Å². The molecule has 0 aliphatic rings. The molecular formula is C23H23BrN4O3. The molecule has 7 nitrogen and oxygen atoms in total. The first-order valence-electron chi connectivity index (χ1n) is 9.72. The van der Waals surface area contributed by atoms with Gasteiger partial charge in [0.05, 0.1) is 24.4 Å². The monoisotopic (exact) mass is 482 g/mol. The summed E-state index contributed by atoms with van der Waals surface area (Å²) in [6.45, 7) is 2.41. The predicted molar refractivity (Wildman–Crippen MR) is 125 cm³/mol. The number of carbonyl (C=O) groups excluding carboxylic acids is 2. The summed E-state index contributed by atoms with van der Waals surface area (Å²) in [7, 11) is 1.58. The number of nitrogens with zero attached hydrogens (tertiary/aromatic N) is 2. The van der Waals surface area contributed by atoms with E-state index < -0.39 is 0 Å². The van der Waals surface area contributed by atoms with Gasteiger partial charge in [-0.15, -0.1) is 0 Å². The summed E-state index contributed by atoms with van der Waals surface area (Å²) in [5, 5.41) is 5.95. The molecule has 1 aromatic heterocycles. The molecule has 0 atom stereocenters. The van der Waals surface area contributed by atoms with Crippen LogP contribution in [0.25, 0.3) is 0 Å². The molecule has 2 amide bonds. The summed E-state index contributed by atoms with van der Waals surface area (Å²) in [5.74, 6) is 0.562.